The smallest absolute Gasteiger partial charge is 0.224 e. The molecule has 3 rings (SSSR count). The van der Waals surface area contributed by atoms with Crippen LogP contribution in [0, 0.1) is 0 Å². The summed E-state index contributed by atoms with van der Waals surface area (Å²) in [5.41, 5.74) is 0.925. The van der Waals surface area contributed by atoms with Gasteiger partial charge in [0.2, 0.25) is 5.28 Å². The minimum Gasteiger partial charge on any atom is -0.353 e. The summed E-state index contributed by atoms with van der Waals surface area (Å²) in [5.74, 6) is 0.991. The average molecular weight is 276 g/mol. The number of para-hydroxylation sites is 1. The van der Waals surface area contributed by atoms with Gasteiger partial charge in [0.25, 0.3) is 0 Å². The van der Waals surface area contributed by atoms with E-state index in [0.29, 0.717) is 11.3 Å². The summed E-state index contributed by atoms with van der Waals surface area (Å²) in [6.45, 7) is 3.14. The molecule has 0 radical (unpaired) electrons. The van der Waals surface area contributed by atoms with Gasteiger partial charge >= 0.3 is 0 Å². The molecule has 0 atom stereocenters. The number of rotatable bonds is 3. The number of halogens is 1. The maximum Gasteiger partial charge on any atom is 0.224 e. The predicted molar refractivity (Wildman–Crippen MR) is 79.8 cm³/mol. The Kier molecular flexibility index (Phi) is 3.56. The first-order valence-corrected chi connectivity index (χ1v) is 7.36. The molecule has 0 amide bonds. The molecule has 0 saturated heterocycles. The highest BCUT2D eigenvalue weighted by Crippen LogP contribution is 2.31. The van der Waals surface area contributed by atoms with Crippen molar-refractivity contribution in [3.63, 3.8) is 0 Å². The van der Waals surface area contributed by atoms with E-state index < -0.39 is 0 Å². The number of nitrogens with zero attached hydrogens (tertiary/aromatic N) is 3. The van der Waals surface area contributed by atoms with Crippen LogP contribution in [0.5, 0.6) is 0 Å². The normalized spacial score (nSPS) is 16.1. The van der Waals surface area contributed by atoms with E-state index in [9.17, 15) is 0 Å². The van der Waals surface area contributed by atoms with Gasteiger partial charge in [-0.2, -0.15) is 4.98 Å². The summed E-state index contributed by atoms with van der Waals surface area (Å²) in [6, 6.07) is 8.69. The van der Waals surface area contributed by atoms with Crippen LogP contribution in [0.2, 0.25) is 5.28 Å². The van der Waals surface area contributed by atoms with Gasteiger partial charge in [-0.15, -0.1) is 0 Å². The lowest BCUT2D eigenvalue weighted by Gasteiger charge is -2.29. The number of anilines is 1. The topological polar surface area (TPSA) is 29.0 Å². The molecule has 2 aromatic rings. The Hall–Kier alpha value is -1.35. The van der Waals surface area contributed by atoms with Crippen molar-refractivity contribution in [1.29, 1.82) is 0 Å². The number of benzene rings is 1. The third kappa shape index (κ3) is 2.39. The molecule has 0 N–H and O–H groups in total. The van der Waals surface area contributed by atoms with Gasteiger partial charge < -0.3 is 4.90 Å². The van der Waals surface area contributed by atoms with Crippen LogP contribution in [-0.4, -0.2) is 22.6 Å². The van der Waals surface area contributed by atoms with Crippen molar-refractivity contribution in [3.8, 4) is 0 Å². The Morgan fingerprint density at radius 2 is 1.95 bits per heavy atom. The summed E-state index contributed by atoms with van der Waals surface area (Å²) in [6.07, 6.45) is 5.14. The van der Waals surface area contributed by atoms with E-state index in [-0.39, 0.29) is 0 Å². The molecule has 3 nitrogen and oxygen atoms in total. The number of fused-ring (bicyclic) bond motifs is 1. The Balaban J connectivity index is 2.11. The fraction of sp³-hybridized carbons (Fsp3) is 0.467. The van der Waals surface area contributed by atoms with Crippen LogP contribution in [-0.2, 0) is 0 Å². The van der Waals surface area contributed by atoms with Gasteiger partial charge in [0.05, 0.1) is 5.52 Å². The highest BCUT2D eigenvalue weighted by molar-refractivity contribution is 6.28. The molecule has 0 unspecified atom stereocenters. The standard InChI is InChI=1S/C15H18ClN3/c1-2-19(11-7-3-4-8-11)14-12-9-5-6-10-13(12)17-15(16)18-14/h5-6,9-11H,2-4,7-8H2,1H3. The molecule has 1 aliphatic rings. The van der Waals surface area contributed by atoms with E-state index in [4.69, 9.17) is 11.6 Å². The molecule has 19 heavy (non-hydrogen) atoms. The number of hydrogen-bond acceptors (Lipinski definition) is 3. The zero-order valence-corrected chi connectivity index (χ0v) is 11.9. The van der Waals surface area contributed by atoms with Crippen LogP contribution in [0.3, 0.4) is 0 Å². The first-order chi connectivity index (χ1) is 9.29. The van der Waals surface area contributed by atoms with Crippen molar-refractivity contribution in [2.45, 2.75) is 38.6 Å². The summed E-state index contributed by atoms with van der Waals surface area (Å²) in [5, 5.41) is 1.44. The summed E-state index contributed by atoms with van der Waals surface area (Å²) in [4.78, 5) is 11.2. The van der Waals surface area contributed by atoms with Crippen molar-refractivity contribution < 1.29 is 0 Å². The van der Waals surface area contributed by atoms with Crippen LogP contribution >= 0.6 is 11.6 Å². The van der Waals surface area contributed by atoms with Gasteiger partial charge in [-0.3, -0.25) is 0 Å². The van der Waals surface area contributed by atoms with E-state index in [0.717, 1.165) is 23.3 Å². The first-order valence-electron chi connectivity index (χ1n) is 6.98. The van der Waals surface area contributed by atoms with Gasteiger partial charge in [0, 0.05) is 18.0 Å². The summed E-state index contributed by atoms with van der Waals surface area (Å²) >= 11 is 6.08. The second-order valence-corrected chi connectivity index (χ2v) is 5.40. The molecule has 1 fully saturated rings. The molecule has 0 bridgehead atoms. The van der Waals surface area contributed by atoms with Crippen molar-refractivity contribution in [3.05, 3.63) is 29.5 Å². The Morgan fingerprint density at radius 3 is 2.68 bits per heavy atom. The monoisotopic (exact) mass is 275 g/mol. The van der Waals surface area contributed by atoms with E-state index in [1.807, 2.05) is 18.2 Å². The van der Waals surface area contributed by atoms with Gasteiger partial charge in [-0.25, -0.2) is 4.98 Å². The van der Waals surface area contributed by atoms with E-state index in [2.05, 4.69) is 27.9 Å². The molecular weight excluding hydrogens is 258 g/mol. The molecule has 0 spiro atoms. The predicted octanol–water partition coefficient (Wildman–Crippen LogP) is 4.05. The lowest BCUT2D eigenvalue weighted by Crippen LogP contribution is -2.34. The highest BCUT2D eigenvalue weighted by atomic mass is 35.5. The molecule has 100 valence electrons. The molecule has 1 aliphatic carbocycles. The maximum absolute atomic E-state index is 6.08. The Morgan fingerprint density at radius 1 is 1.21 bits per heavy atom. The fourth-order valence-corrected chi connectivity index (χ4v) is 3.22. The zero-order chi connectivity index (χ0) is 13.2. The molecule has 1 heterocycles. The van der Waals surface area contributed by atoms with Crippen molar-refractivity contribution in [2.24, 2.45) is 0 Å². The van der Waals surface area contributed by atoms with Crippen LogP contribution in [0.15, 0.2) is 24.3 Å². The number of aromatic nitrogens is 2. The minimum atomic E-state index is 0.338. The minimum absolute atomic E-state index is 0.338. The van der Waals surface area contributed by atoms with Gasteiger partial charge in [0.1, 0.15) is 5.82 Å². The molecule has 0 aliphatic heterocycles. The van der Waals surface area contributed by atoms with E-state index >= 15 is 0 Å². The van der Waals surface area contributed by atoms with Crippen molar-refractivity contribution in [2.75, 3.05) is 11.4 Å². The van der Waals surface area contributed by atoms with E-state index in [1.54, 1.807) is 0 Å². The summed E-state index contributed by atoms with van der Waals surface area (Å²) in [7, 11) is 0. The molecule has 1 aromatic carbocycles. The van der Waals surface area contributed by atoms with Gasteiger partial charge in [-0.1, -0.05) is 25.0 Å². The van der Waals surface area contributed by atoms with Crippen LogP contribution in [0.1, 0.15) is 32.6 Å². The molecular formula is C15H18ClN3. The molecule has 1 saturated carbocycles. The SMILES string of the molecule is CCN(c1nc(Cl)nc2ccccc12)C1CCCC1. The van der Waals surface area contributed by atoms with Crippen molar-refractivity contribution in [1.82, 2.24) is 9.97 Å². The molecule has 1 aromatic heterocycles. The van der Waals surface area contributed by atoms with Crippen LogP contribution in [0.4, 0.5) is 5.82 Å². The lowest BCUT2D eigenvalue weighted by atomic mass is 10.1. The van der Waals surface area contributed by atoms with Crippen molar-refractivity contribution >= 4 is 28.3 Å². The van der Waals surface area contributed by atoms with E-state index in [1.165, 1.54) is 25.7 Å². The zero-order valence-electron chi connectivity index (χ0n) is 11.1. The van der Waals surface area contributed by atoms with Crippen LogP contribution in [0.25, 0.3) is 10.9 Å². The first kappa shape index (κ1) is 12.7. The third-order valence-electron chi connectivity index (χ3n) is 3.93. The second-order valence-electron chi connectivity index (χ2n) is 5.06. The van der Waals surface area contributed by atoms with Gasteiger partial charge in [-0.05, 0) is 43.5 Å². The Labute approximate surface area is 118 Å². The second kappa shape index (κ2) is 5.33. The van der Waals surface area contributed by atoms with Gasteiger partial charge in [0.15, 0.2) is 0 Å². The fourth-order valence-electron chi connectivity index (χ4n) is 3.05. The number of hydrogen-bond donors (Lipinski definition) is 0. The largest absolute Gasteiger partial charge is 0.353 e. The van der Waals surface area contributed by atoms with Crippen LogP contribution < -0.4 is 4.90 Å². The highest BCUT2D eigenvalue weighted by Gasteiger charge is 2.24. The Bertz CT molecular complexity index is 579. The summed E-state index contributed by atoms with van der Waals surface area (Å²) < 4.78 is 0. The quantitative estimate of drug-likeness (QED) is 0.791. The third-order valence-corrected chi connectivity index (χ3v) is 4.10. The lowest BCUT2D eigenvalue weighted by molar-refractivity contribution is 0.615. The average Bonchev–Trinajstić information content (AvgIpc) is 2.93. The maximum atomic E-state index is 6.08. The molecule has 4 heteroatoms.